The van der Waals surface area contributed by atoms with Crippen LogP contribution in [0.15, 0.2) is 90.0 Å². The molecule has 0 aromatic heterocycles. The van der Waals surface area contributed by atoms with Crippen LogP contribution in [0.4, 0.5) is 0 Å². The molecule has 4 aromatic carbocycles. The van der Waals surface area contributed by atoms with Crippen LogP contribution in [0, 0.1) is 0 Å². The molecule has 0 N–H and O–H groups in total. The third-order valence-electron chi connectivity index (χ3n) is 6.43. The predicted molar refractivity (Wildman–Crippen MR) is 133 cm³/mol. The maximum Gasteiger partial charge on any atom is 0.251 e. The van der Waals surface area contributed by atoms with Gasteiger partial charge in [-0.1, -0.05) is 48.0 Å². The molecular weight excluding hydrogens is 448 g/mol. The first-order valence-electron chi connectivity index (χ1n) is 11.1. The van der Waals surface area contributed by atoms with Gasteiger partial charge in [0.2, 0.25) is 5.78 Å². The fourth-order valence-electron chi connectivity index (χ4n) is 4.67. The van der Waals surface area contributed by atoms with Crippen molar-refractivity contribution in [3.8, 4) is 11.5 Å². The molecule has 4 aromatic rings. The summed E-state index contributed by atoms with van der Waals surface area (Å²) in [5, 5.41) is 9.66. The van der Waals surface area contributed by atoms with Crippen molar-refractivity contribution in [3.05, 3.63) is 107 Å². The molecule has 6 heteroatoms. The van der Waals surface area contributed by atoms with Crippen molar-refractivity contribution in [1.29, 1.82) is 0 Å². The minimum absolute atomic E-state index is 0.142. The standard InChI is InChI=1S/C28H21ClN2O3/c1-33-22-11-8-18(9-12-22)27(32)28-31-25(23-15-21(29)10-13-26(23)34-28)16-24(30-31)20-7-6-17-4-2-3-5-19(17)14-20/h2-15,25,28H,16H2,1H3/t25-,28+/m1/s1. The number of hydrazone groups is 1. The lowest BCUT2D eigenvalue weighted by Crippen LogP contribution is -2.45. The third-order valence-corrected chi connectivity index (χ3v) is 6.67. The quantitative estimate of drug-likeness (QED) is 0.332. The molecule has 2 aliphatic rings. The van der Waals surface area contributed by atoms with Gasteiger partial charge in [0.1, 0.15) is 11.5 Å². The highest BCUT2D eigenvalue weighted by atomic mass is 35.5. The van der Waals surface area contributed by atoms with Crippen LogP contribution >= 0.6 is 11.6 Å². The molecule has 0 fully saturated rings. The summed E-state index contributed by atoms with van der Waals surface area (Å²) in [6, 6.07) is 27.0. The molecule has 2 heterocycles. The monoisotopic (exact) mass is 468 g/mol. The molecule has 0 radical (unpaired) electrons. The first-order chi connectivity index (χ1) is 16.6. The molecule has 5 nitrogen and oxygen atoms in total. The Bertz CT molecular complexity index is 1450. The first-order valence-corrected chi connectivity index (χ1v) is 11.5. The average Bonchev–Trinajstić information content (AvgIpc) is 3.33. The van der Waals surface area contributed by atoms with Gasteiger partial charge in [-0.15, -0.1) is 0 Å². The minimum atomic E-state index is -0.870. The largest absolute Gasteiger partial charge is 0.497 e. The van der Waals surface area contributed by atoms with Crippen LogP contribution in [-0.4, -0.2) is 29.8 Å². The number of ether oxygens (including phenoxy) is 2. The first kappa shape index (κ1) is 20.8. The van der Waals surface area contributed by atoms with E-state index in [-0.39, 0.29) is 11.8 Å². The fraction of sp³-hybridized carbons (Fsp3) is 0.143. The van der Waals surface area contributed by atoms with Gasteiger partial charge in [-0.05, 0) is 64.9 Å². The summed E-state index contributed by atoms with van der Waals surface area (Å²) >= 11 is 6.32. The van der Waals surface area contributed by atoms with Crippen molar-refractivity contribution >= 4 is 33.9 Å². The molecular formula is C28H21ClN2O3. The van der Waals surface area contributed by atoms with E-state index in [1.54, 1.807) is 42.5 Å². The maximum atomic E-state index is 13.5. The van der Waals surface area contributed by atoms with E-state index in [1.807, 2.05) is 24.3 Å². The van der Waals surface area contributed by atoms with Gasteiger partial charge in [-0.25, -0.2) is 5.01 Å². The van der Waals surface area contributed by atoms with Gasteiger partial charge in [0.05, 0.1) is 18.9 Å². The number of nitrogens with zero attached hydrogens (tertiary/aromatic N) is 2. The number of rotatable bonds is 4. The maximum absolute atomic E-state index is 13.5. The van der Waals surface area contributed by atoms with Crippen LogP contribution in [0.3, 0.4) is 0 Å². The third kappa shape index (κ3) is 3.49. The molecule has 6 rings (SSSR count). The van der Waals surface area contributed by atoms with Gasteiger partial charge >= 0.3 is 0 Å². The molecule has 2 atom stereocenters. The number of Topliss-reactive ketones (excluding diaryl/α,β-unsaturated/α-hetero) is 1. The Morgan fingerprint density at radius 3 is 2.59 bits per heavy atom. The van der Waals surface area contributed by atoms with Gasteiger partial charge in [0.15, 0.2) is 0 Å². The Kier molecular flexibility index (Phi) is 5.00. The number of fused-ring (bicyclic) bond motifs is 4. The van der Waals surface area contributed by atoms with Crippen LogP contribution in [0.5, 0.6) is 11.5 Å². The summed E-state index contributed by atoms with van der Waals surface area (Å²) in [6.07, 6.45) is -0.216. The van der Waals surface area contributed by atoms with Crippen molar-refractivity contribution in [2.75, 3.05) is 7.11 Å². The van der Waals surface area contributed by atoms with Gasteiger partial charge in [-0.3, -0.25) is 4.79 Å². The molecule has 0 unspecified atom stereocenters. The van der Waals surface area contributed by atoms with E-state index in [1.165, 1.54) is 5.39 Å². The van der Waals surface area contributed by atoms with Crippen molar-refractivity contribution in [2.24, 2.45) is 5.10 Å². The van der Waals surface area contributed by atoms with E-state index in [4.69, 9.17) is 26.2 Å². The van der Waals surface area contributed by atoms with Crippen LogP contribution < -0.4 is 9.47 Å². The van der Waals surface area contributed by atoms with E-state index in [2.05, 4.69) is 30.3 Å². The molecule has 168 valence electrons. The average molecular weight is 469 g/mol. The fourth-order valence-corrected chi connectivity index (χ4v) is 4.85. The molecule has 0 saturated heterocycles. The van der Waals surface area contributed by atoms with E-state index in [0.717, 1.165) is 22.2 Å². The highest BCUT2D eigenvalue weighted by Gasteiger charge is 2.43. The van der Waals surface area contributed by atoms with Crippen molar-refractivity contribution in [3.63, 3.8) is 0 Å². The molecule has 34 heavy (non-hydrogen) atoms. The molecule has 0 amide bonds. The Balaban J connectivity index is 1.41. The van der Waals surface area contributed by atoms with E-state index in [0.29, 0.717) is 28.5 Å². The molecule has 0 bridgehead atoms. The zero-order valence-corrected chi connectivity index (χ0v) is 19.2. The smallest absolute Gasteiger partial charge is 0.251 e. The van der Waals surface area contributed by atoms with E-state index in [9.17, 15) is 4.79 Å². The lowest BCUT2D eigenvalue weighted by molar-refractivity contribution is -0.00455. The summed E-state index contributed by atoms with van der Waals surface area (Å²) < 4.78 is 11.4. The number of benzene rings is 4. The summed E-state index contributed by atoms with van der Waals surface area (Å²) in [4.78, 5) is 13.5. The SMILES string of the molecule is COc1ccc(C(=O)[C@@H]2Oc3ccc(Cl)cc3[C@H]3CC(c4ccc5ccccc5c4)=NN32)cc1. The Hall–Kier alpha value is -3.83. The summed E-state index contributed by atoms with van der Waals surface area (Å²) in [5.74, 6) is 1.20. The second-order valence-corrected chi connectivity index (χ2v) is 8.89. The van der Waals surface area contributed by atoms with Crippen LogP contribution in [0.1, 0.15) is 33.9 Å². The topological polar surface area (TPSA) is 51.1 Å². The van der Waals surface area contributed by atoms with Gasteiger partial charge in [0, 0.05) is 22.6 Å². The zero-order valence-electron chi connectivity index (χ0n) is 18.4. The highest BCUT2D eigenvalue weighted by molar-refractivity contribution is 6.30. The van der Waals surface area contributed by atoms with Crippen molar-refractivity contribution in [1.82, 2.24) is 5.01 Å². The lowest BCUT2D eigenvalue weighted by atomic mass is 9.95. The molecule has 0 spiro atoms. The number of hydrogen-bond acceptors (Lipinski definition) is 5. The number of halogens is 1. The normalized spacial score (nSPS) is 18.6. The second-order valence-electron chi connectivity index (χ2n) is 8.45. The predicted octanol–water partition coefficient (Wildman–Crippen LogP) is 6.25. The minimum Gasteiger partial charge on any atom is -0.497 e. The van der Waals surface area contributed by atoms with Gasteiger partial charge < -0.3 is 9.47 Å². The summed E-state index contributed by atoms with van der Waals surface area (Å²) in [6.45, 7) is 0. The van der Waals surface area contributed by atoms with E-state index >= 15 is 0 Å². The van der Waals surface area contributed by atoms with Crippen molar-refractivity contribution in [2.45, 2.75) is 18.7 Å². The van der Waals surface area contributed by atoms with E-state index < -0.39 is 6.23 Å². The van der Waals surface area contributed by atoms with Crippen molar-refractivity contribution < 1.29 is 14.3 Å². The molecule has 2 aliphatic heterocycles. The van der Waals surface area contributed by atoms with Crippen LogP contribution in [0.2, 0.25) is 5.02 Å². The lowest BCUT2D eigenvalue weighted by Gasteiger charge is -2.37. The zero-order chi connectivity index (χ0) is 23.2. The molecule has 0 aliphatic carbocycles. The summed E-state index contributed by atoms with van der Waals surface area (Å²) in [7, 11) is 1.60. The molecule has 0 saturated carbocycles. The Morgan fingerprint density at radius 1 is 1.00 bits per heavy atom. The number of hydrogen-bond donors (Lipinski definition) is 0. The van der Waals surface area contributed by atoms with Crippen LogP contribution in [0.25, 0.3) is 10.8 Å². The number of carbonyl (C=O) groups excluding carboxylic acids is 1. The Morgan fingerprint density at radius 2 is 1.79 bits per heavy atom. The number of carbonyl (C=O) groups is 1. The highest BCUT2D eigenvalue weighted by Crippen LogP contribution is 2.44. The number of methoxy groups -OCH3 is 1. The summed E-state index contributed by atoms with van der Waals surface area (Å²) in [5.41, 5.74) is 3.43. The second kappa shape index (κ2) is 8.19. The van der Waals surface area contributed by atoms with Gasteiger partial charge in [0.25, 0.3) is 6.23 Å². The number of ketones is 1. The Labute approximate surface area is 202 Å². The van der Waals surface area contributed by atoms with Gasteiger partial charge in [-0.2, -0.15) is 5.10 Å². The van der Waals surface area contributed by atoms with Crippen LogP contribution in [-0.2, 0) is 0 Å².